The summed E-state index contributed by atoms with van der Waals surface area (Å²) < 4.78 is 0. The van der Waals surface area contributed by atoms with E-state index in [2.05, 4.69) is 169 Å². The summed E-state index contributed by atoms with van der Waals surface area (Å²) in [4.78, 5) is 15.1. The molecular formula is C51H31N3. The van der Waals surface area contributed by atoms with Gasteiger partial charge in [-0.1, -0.05) is 127 Å². The van der Waals surface area contributed by atoms with Crippen LogP contribution in [-0.4, -0.2) is 15.0 Å². The number of nitrogens with zero attached hydrogens (tertiary/aromatic N) is 3. The number of hydrogen-bond donors (Lipinski definition) is 0. The second-order valence-corrected chi connectivity index (χ2v) is 14.0. The first-order valence-corrected chi connectivity index (χ1v) is 18.3. The maximum absolute atomic E-state index is 5.41. The van der Waals surface area contributed by atoms with Gasteiger partial charge < -0.3 is 0 Å². The number of para-hydroxylation sites is 1. The van der Waals surface area contributed by atoms with Gasteiger partial charge in [0, 0.05) is 39.9 Å². The lowest BCUT2D eigenvalue weighted by Gasteiger charge is -2.16. The molecule has 0 amide bonds. The monoisotopic (exact) mass is 685 g/mol. The standard InChI is InChI=1S/C51H31N3/c1-3-13-36-32(11-1)27-44(40-17-7-5-15-38(36)40)34-21-24-50-47(29-34)45(35-22-23-49(53-31-35)43-25-26-52-48-20-10-9-19-42(43)48)30-51(54-50)46-28-33-12-2-4-14-37(33)39-16-6-8-18-41(39)46/h1-31H. The number of benzene rings is 8. The van der Waals surface area contributed by atoms with Gasteiger partial charge in [0.2, 0.25) is 0 Å². The highest BCUT2D eigenvalue weighted by Gasteiger charge is 2.17. The quantitative estimate of drug-likeness (QED) is 0.173. The Morgan fingerprint density at radius 1 is 0.296 bits per heavy atom. The van der Waals surface area contributed by atoms with Gasteiger partial charge in [-0.05, 0) is 108 Å². The zero-order valence-electron chi connectivity index (χ0n) is 29.2. The molecule has 0 aliphatic heterocycles. The number of hydrogen-bond acceptors (Lipinski definition) is 3. The number of rotatable bonds is 4. The molecule has 0 saturated carbocycles. The van der Waals surface area contributed by atoms with Crippen molar-refractivity contribution in [3.63, 3.8) is 0 Å². The fourth-order valence-electron chi connectivity index (χ4n) is 8.36. The van der Waals surface area contributed by atoms with Gasteiger partial charge in [0.05, 0.1) is 22.4 Å². The highest BCUT2D eigenvalue weighted by molar-refractivity contribution is 6.16. The third-order valence-electron chi connectivity index (χ3n) is 10.9. The third kappa shape index (κ3) is 4.87. The Hall–Kier alpha value is -7.23. The van der Waals surface area contributed by atoms with Gasteiger partial charge in [0.1, 0.15) is 0 Å². The van der Waals surface area contributed by atoms with Crippen LogP contribution in [0.25, 0.3) is 110 Å². The van der Waals surface area contributed by atoms with Crippen LogP contribution < -0.4 is 0 Å². The Morgan fingerprint density at radius 2 is 0.870 bits per heavy atom. The first-order chi connectivity index (χ1) is 26.8. The Kier molecular flexibility index (Phi) is 6.86. The van der Waals surface area contributed by atoms with Crippen LogP contribution in [0, 0.1) is 0 Å². The normalized spacial score (nSPS) is 11.7. The summed E-state index contributed by atoms with van der Waals surface area (Å²) in [5.41, 5.74) is 10.4. The lowest BCUT2D eigenvalue weighted by Crippen LogP contribution is -1.94. The molecule has 0 fully saturated rings. The molecule has 0 radical (unpaired) electrons. The molecule has 11 aromatic rings. The van der Waals surface area contributed by atoms with Crippen LogP contribution in [0.5, 0.6) is 0 Å². The lowest BCUT2D eigenvalue weighted by atomic mass is 9.90. The molecule has 3 heteroatoms. The minimum Gasteiger partial charge on any atom is -0.256 e. The molecule has 0 aliphatic rings. The average molecular weight is 686 g/mol. The van der Waals surface area contributed by atoms with Crippen molar-refractivity contribution in [2.75, 3.05) is 0 Å². The zero-order chi connectivity index (χ0) is 35.6. The Balaban J connectivity index is 1.16. The predicted molar refractivity (Wildman–Crippen MR) is 227 cm³/mol. The van der Waals surface area contributed by atoms with Crippen LogP contribution in [0.3, 0.4) is 0 Å². The SMILES string of the molecule is c1ccc2c(c1)cc(-c1ccc3nc(-c4cc5ccccc5c5ccccc45)cc(-c4ccc(-c5ccnc6ccccc56)nc4)c3c1)c1ccccc12. The molecule has 0 saturated heterocycles. The molecule has 3 nitrogen and oxygen atoms in total. The van der Waals surface area contributed by atoms with Gasteiger partial charge in [-0.3, -0.25) is 9.97 Å². The van der Waals surface area contributed by atoms with E-state index in [4.69, 9.17) is 9.97 Å². The largest absolute Gasteiger partial charge is 0.256 e. The van der Waals surface area contributed by atoms with Gasteiger partial charge in [-0.25, -0.2) is 4.98 Å². The summed E-state index contributed by atoms with van der Waals surface area (Å²) in [6.45, 7) is 0. The topological polar surface area (TPSA) is 38.7 Å². The van der Waals surface area contributed by atoms with E-state index in [0.29, 0.717) is 0 Å². The smallest absolute Gasteiger partial charge is 0.0722 e. The predicted octanol–water partition coefficient (Wildman–Crippen LogP) is 13.5. The minimum absolute atomic E-state index is 0.916. The lowest BCUT2D eigenvalue weighted by molar-refractivity contribution is 1.32. The van der Waals surface area contributed by atoms with Gasteiger partial charge in [0.15, 0.2) is 0 Å². The Morgan fingerprint density at radius 3 is 1.57 bits per heavy atom. The maximum Gasteiger partial charge on any atom is 0.0722 e. The summed E-state index contributed by atoms with van der Waals surface area (Å²) in [6, 6.07) is 62.9. The van der Waals surface area contributed by atoms with Crippen molar-refractivity contribution in [2.24, 2.45) is 0 Å². The van der Waals surface area contributed by atoms with E-state index >= 15 is 0 Å². The summed E-state index contributed by atoms with van der Waals surface area (Å²) in [6.07, 6.45) is 3.88. The van der Waals surface area contributed by atoms with Crippen molar-refractivity contribution < 1.29 is 0 Å². The van der Waals surface area contributed by atoms with Crippen molar-refractivity contribution in [1.82, 2.24) is 15.0 Å². The van der Waals surface area contributed by atoms with Gasteiger partial charge >= 0.3 is 0 Å². The maximum atomic E-state index is 5.41. The minimum atomic E-state index is 0.916. The first kappa shape index (κ1) is 30.4. The average Bonchev–Trinajstić information content (AvgIpc) is 3.25. The van der Waals surface area contributed by atoms with Crippen molar-refractivity contribution in [3.05, 3.63) is 188 Å². The van der Waals surface area contributed by atoms with Gasteiger partial charge in [-0.2, -0.15) is 0 Å². The molecule has 250 valence electrons. The number of pyridine rings is 3. The molecule has 0 atom stereocenters. The summed E-state index contributed by atoms with van der Waals surface area (Å²) in [5, 5.41) is 12.0. The van der Waals surface area contributed by atoms with Crippen LogP contribution in [-0.2, 0) is 0 Å². The summed E-state index contributed by atoms with van der Waals surface area (Å²) >= 11 is 0. The molecule has 0 bridgehead atoms. The van der Waals surface area contributed by atoms with E-state index < -0.39 is 0 Å². The molecule has 11 rings (SSSR count). The van der Waals surface area contributed by atoms with E-state index in [0.717, 1.165) is 61.0 Å². The molecule has 3 heterocycles. The van der Waals surface area contributed by atoms with Crippen LogP contribution in [0.4, 0.5) is 0 Å². The first-order valence-electron chi connectivity index (χ1n) is 18.3. The third-order valence-corrected chi connectivity index (χ3v) is 10.9. The summed E-state index contributed by atoms with van der Waals surface area (Å²) in [5.74, 6) is 0. The van der Waals surface area contributed by atoms with E-state index in [1.165, 1.54) is 48.7 Å². The second-order valence-electron chi connectivity index (χ2n) is 14.0. The second kappa shape index (κ2) is 12.2. The highest BCUT2D eigenvalue weighted by atomic mass is 14.7. The molecule has 54 heavy (non-hydrogen) atoms. The van der Waals surface area contributed by atoms with Crippen LogP contribution in [0.2, 0.25) is 0 Å². The van der Waals surface area contributed by atoms with Crippen LogP contribution in [0.15, 0.2) is 188 Å². The van der Waals surface area contributed by atoms with Crippen molar-refractivity contribution in [1.29, 1.82) is 0 Å². The molecule has 8 aromatic carbocycles. The Bertz CT molecular complexity index is 3270. The molecule has 0 unspecified atom stereocenters. The zero-order valence-corrected chi connectivity index (χ0v) is 29.2. The van der Waals surface area contributed by atoms with Crippen LogP contribution >= 0.6 is 0 Å². The van der Waals surface area contributed by atoms with Crippen LogP contribution in [0.1, 0.15) is 0 Å². The molecular weight excluding hydrogens is 655 g/mol. The van der Waals surface area contributed by atoms with E-state index in [-0.39, 0.29) is 0 Å². The molecule has 0 aliphatic carbocycles. The molecule has 0 N–H and O–H groups in total. The van der Waals surface area contributed by atoms with Crippen molar-refractivity contribution >= 4 is 64.9 Å². The molecule has 0 spiro atoms. The fourth-order valence-corrected chi connectivity index (χ4v) is 8.36. The summed E-state index contributed by atoms with van der Waals surface area (Å²) in [7, 11) is 0. The van der Waals surface area contributed by atoms with Gasteiger partial charge in [0.25, 0.3) is 0 Å². The van der Waals surface area contributed by atoms with E-state index in [9.17, 15) is 0 Å². The number of fused-ring (bicyclic) bond motifs is 8. The number of aromatic nitrogens is 3. The van der Waals surface area contributed by atoms with E-state index in [1.54, 1.807) is 0 Å². The highest BCUT2D eigenvalue weighted by Crippen LogP contribution is 2.41. The van der Waals surface area contributed by atoms with Crippen molar-refractivity contribution in [3.8, 4) is 44.8 Å². The Labute approximate surface area is 311 Å². The van der Waals surface area contributed by atoms with E-state index in [1.807, 2.05) is 24.5 Å². The fraction of sp³-hybridized carbons (Fsp3) is 0. The molecule has 3 aromatic heterocycles. The van der Waals surface area contributed by atoms with Crippen molar-refractivity contribution in [2.45, 2.75) is 0 Å². The van der Waals surface area contributed by atoms with Gasteiger partial charge in [-0.15, -0.1) is 0 Å².